The van der Waals surface area contributed by atoms with Gasteiger partial charge in [-0.05, 0) is 69.1 Å². The third-order valence-corrected chi connectivity index (χ3v) is 6.38. The molecule has 4 atom stereocenters. The molecule has 10 N–H and O–H groups in total. The maximum atomic E-state index is 13.0. The monoisotopic (exact) mass is 536 g/mol. The van der Waals surface area contributed by atoms with Crippen LogP contribution in [0.25, 0.3) is 0 Å². The van der Waals surface area contributed by atoms with Gasteiger partial charge in [0.1, 0.15) is 18.1 Å². The highest BCUT2D eigenvalue weighted by Crippen LogP contribution is 2.08. The molecule has 0 bridgehead atoms. The summed E-state index contributed by atoms with van der Waals surface area (Å²) in [4.78, 5) is 60.9. The second kappa shape index (κ2) is 19.2. The van der Waals surface area contributed by atoms with Gasteiger partial charge in [0, 0.05) is 6.42 Å². The third kappa shape index (κ3) is 14.9. The fourth-order valence-corrected chi connectivity index (χ4v) is 3.95. The number of carbonyl (C=O) groups is 5. The van der Waals surface area contributed by atoms with E-state index >= 15 is 0 Å². The number of nitrogens with two attached hydrogens (primary N) is 3. The molecule has 0 aliphatic heterocycles. The number of hydrogen-bond acceptors (Lipinski definition) is 9. The quantitative estimate of drug-likeness (QED) is 0.0916. The minimum absolute atomic E-state index is 0.0365. The van der Waals surface area contributed by atoms with Crippen LogP contribution in [-0.4, -0.2) is 89.4 Å². The molecular formula is C21H40N6O6S2. The average Bonchev–Trinajstić information content (AvgIpc) is 2.81. The van der Waals surface area contributed by atoms with E-state index in [-0.39, 0.29) is 32.1 Å². The molecule has 0 aliphatic carbocycles. The molecule has 0 spiro atoms. The van der Waals surface area contributed by atoms with Crippen molar-refractivity contribution in [3.8, 4) is 0 Å². The minimum atomic E-state index is -1.16. The van der Waals surface area contributed by atoms with Crippen LogP contribution in [0, 0.1) is 0 Å². The number of hydrogen-bond donors (Lipinski definition) is 7. The summed E-state index contributed by atoms with van der Waals surface area (Å²) in [6, 6.07) is -4.07. The first kappa shape index (κ1) is 33.0. The van der Waals surface area contributed by atoms with E-state index in [1.54, 1.807) is 0 Å². The van der Waals surface area contributed by atoms with Crippen molar-refractivity contribution in [3.63, 3.8) is 0 Å². The van der Waals surface area contributed by atoms with Crippen LogP contribution in [0.15, 0.2) is 0 Å². The van der Waals surface area contributed by atoms with Crippen LogP contribution >= 0.6 is 23.5 Å². The van der Waals surface area contributed by atoms with Crippen LogP contribution in [0.5, 0.6) is 0 Å². The number of amides is 4. The lowest BCUT2D eigenvalue weighted by molar-refractivity contribution is -0.142. The van der Waals surface area contributed by atoms with Gasteiger partial charge in [-0.25, -0.2) is 4.79 Å². The lowest BCUT2D eigenvalue weighted by Crippen LogP contribution is -2.57. The van der Waals surface area contributed by atoms with Crippen molar-refractivity contribution < 1.29 is 29.1 Å². The second-order valence-corrected chi connectivity index (χ2v) is 9.95. The van der Waals surface area contributed by atoms with Crippen LogP contribution in [0.4, 0.5) is 0 Å². The smallest absolute Gasteiger partial charge is 0.326 e. The molecule has 0 aromatic heterocycles. The van der Waals surface area contributed by atoms with Crippen molar-refractivity contribution >= 4 is 53.1 Å². The number of carboxylic acids is 1. The number of primary amides is 1. The zero-order valence-corrected chi connectivity index (χ0v) is 22.1. The first-order chi connectivity index (χ1) is 16.6. The van der Waals surface area contributed by atoms with Gasteiger partial charge in [0.25, 0.3) is 0 Å². The van der Waals surface area contributed by atoms with E-state index in [0.29, 0.717) is 30.9 Å². The molecule has 12 nitrogen and oxygen atoms in total. The topological polar surface area (TPSA) is 220 Å². The molecule has 4 amide bonds. The molecule has 0 aromatic carbocycles. The van der Waals surface area contributed by atoms with E-state index in [0.717, 1.165) is 0 Å². The van der Waals surface area contributed by atoms with E-state index in [9.17, 15) is 29.1 Å². The molecular weight excluding hydrogens is 496 g/mol. The molecule has 202 valence electrons. The van der Waals surface area contributed by atoms with Crippen molar-refractivity contribution in [2.75, 3.05) is 30.6 Å². The Kier molecular flexibility index (Phi) is 18.1. The molecule has 14 heteroatoms. The summed E-state index contributed by atoms with van der Waals surface area (Å²) >= 11 is 2.93. The van der Waals surface area contributed by atoms with Gasteiger partial charge in [-0.1, -0.05) is 0 Å². The van der Waals surface area contributed by atoms with E-state index in [1.807, 2.05) is 12.5 Å². The van der Waals surface area contributed by atoms with E-state index in [1.165, 1.54) is 23.5 Å². The summed E-state index contributed by atoms with van der Waals surface area (Å²) in [5.41, 5.74) is 16.4. The maximum Gasteiger partial charge on any atom is 0.326 e. The van der Waals surface area contributed by atoms with Crippen LogP contribution < -0.4 is 33.2 Å². The largest absolute Gasteiger partial charge is 0.480 e. The van der Waals surface area contributed by atoms with Gasteiger partial charge in [0.2, 0.25) is 23.6 Å². The SMILES string of the molecule is CSCCC(NC(=O)C(CCCCN)NC(=O)C(CCSC)NC(=O)C(N)CCC(N)=O)C(=O)O. The molecule has 0 radical (unpaired) electrons. The molecule has 35 heavy (non-hydrogen) atoms. The van der Waals surface area contributed by atoms with E-state index in [4.69, 9.17) is 17.2 Å². The zero-order chi connectivity index (χ0) is 26.8. The molecule has 0 heterocycles. The Morgan fingerprint density at radius 1 is 0.771 bits per heavy atom. The van der Waals surface area contributed by atoms with Crippen molar-refractivity contribution in [2.45, 2.75) is 69.1 Å². The Morgan fingerprint density at radius 2 is 1.26 bits per heavy atom. The van der Waals surface area contributed by atoms with Gasteiger partial charge < -0.3 is 38.3 Å². The van der Waals surface area contributed by atoms with Crippen molar-refractivity contribution in [3.05, 3.63) is 0 Å². The summed E-state index contributed by atoms with van der Waals surface area (Å²) < 4.78 is 0. The van der Waals surface area contributed by atoms with Gasteiger partial charge in [0.05, 0.1) is 6.04 Å². The van der Waals surface area contributed by atoms with Crippen molar-refractivity contribution in [2.24, 2.45) is 17.2 Å². The van der Waals surface area contributed by atoms with Crippen LogP contribution in [0.3, 0.4) is 0 Å². The Bertz CT molecular complexity index is 699. The Balaban J connectivity index is 5.41. The predicted molar refractivity (Wildman–Crippen MR) is 139 cm³/mol. The average molecular weight is 537 g/mol. The predicted octanol–water partition coefficient (Wildman–Crippen LogP) is -1.25. The summed E-state index contributed by atoms with van der Waals surface area (Å²) in [5.74, 6) is -2.47. The lowest BCUT2D eigenvalue weighted by atomic mass is 10.1. The van der Waals surface area contributed by atoms with Crippen LogP contribution in [0.2, 0.25) is 0 Å². The minimum Gasteiger partial charge on any atom is -0.480 e. The highest BCUT2D eigenvalue weighted by Gasteiger charge is 2.30. The first-order valence-corrected chi connectivity index (χ1v) is 14.2. The highest BCUT2D eigenvalue weighted by molar-refractivity contribution is 7.98. The summed E-state index contributed by atoms with van der Waals surface area (Å²) in [7, 11) is 0. The number of carbonyl (C=O) groups excluding carboxylic acids is 4. The molecule has 0 aliphatic rings. The number of thioether (sulfide) groups is 2. The Labute approximate surface area is 215 Å². The first-order valence-electron chi connectivity index (χ1n) is 11.4. The van der Waals surface area contributed by atoms with Crippen LogP contribution in [0.1, 0.15) is 44.9 Å². The summed E-state index contributed by atoms with van der Waals surface area (Å²) in [6.07, 6.45) is 5.58. The molecule has 0 saturated carbocycles. The van der Waals surface area contributed by atoms with Gasteiger partial charge in [-0.15, -0.1) is 0 Å². The Hall–Kier alpha value is -2.03. The number of nitrogens with one attached hydrogen (secondary N) is 3. The van der Waals surface area contributed by atoms with E-state index in [2.05, 4.69) is 16.0 Å². The van der Waals surface area contributed by atoms with Gasteiger partial charge in [0.15, 0.2) is 0 Å². The number of aliphatic carboxylic acids is 1. The molecule has 0 rings (SSSR count). The van der Waals surface area contributed by atoms with Crippen molar-refractivity contribution in [1.82, 2.24) is 16.0 Å². The fraction of sp³-hybridized carbons (Fsp3) is 0.762. The van der Waals surface area contributed by atoms with Gasteiger partial charge in [-0.3, -0.25) is 19.2 Å². The normalized spacial score (nSPS) is 14.3. The third-order valence-electron chi connectivity index (χ3n) is 5.09. The molecule has 0 fully saturated rings. The number of carboxylic acid groups (broad SMARTS) is 1. The zero-order valence-electron chi connectivity index (χ0n) is 20.4. The molecule has 0 aromatic rings. The lowest BCUT2D eigenvalue weighted by Gasteiger charge is -2.25. The number of rotatable bonds is 20. The standard InChI is InChI=1S/C21H40N6O6S2/c1-34-11-8-15(25-18(29)13(23)6-7-17(24)28)20(31)26-14(5-3-4-10-22)19(30)27-16(21(32)33)9-12-35-2/h13-16H,3-12,22-23H2,1-2H3,(H2,24,28)(H,25,29)(H,26,31)(H,27,30)(H,32,33). The van der Waals surface area contributed by atoms with Gasteiger partial charge in [-0.2, -0.15) is 23.5 Å². The summed E-state index contributed by atoms with van der Waals surface area (Å²) in [6.45, 7) is 0.406. The summed E-state index contributed by atoms with van der Waals surface area (Å²) in [5, 5.41) is 17.2. The molecule has 0 saturated heterocycles. The highest BCUT2D eigenvalue weighted by atomic mass is 32.2. The number of unbranched alkanes of at least 4 members (excludes halogenated alkanes) is 1. The van der Waals surface area contributed by atoms with Crippen molar-refractivity contribution in [1.29, 1.82) is 0 Å². The second-order valence-electron chi connectivity index (χ2n) is 7.98. The Morgan fingerprint density at radius 3 is 1.74 bits per heavy atom. The fourth-order valence-electron chi connectivity index (χ4n) is 3.01. The van der Waals surface area contributed by atoms with Crippen LogP contribution in [-0.2, 0) is 24.0 Å². The van der Waals surface area contributed by atoms with Gasteiger partial charge >= 0.3 is 5.97 Å². The maximum absolute atomic E-state index is 13.0. The van der Waals surface area contributed by atoms with E-state index < -0.39 is 53.8 Å². The molecule has 4 unspecified atom stereocenters.